The van der Waals surface area contributed by atoms with Crippen molar-refractivity contribution < 1.29 is 14.3 Å². The van der Waals surface area contributed by atoms with Gasteiger partial charge in [0.1, 0.15) is 12.2 Å². The Labute approximate surface area is 77.0 Å². The fourth-order valence-corrected chi connectivity index (χ4v) is 1.48. The number of hydrogen-bond acceptors (Lipinski definition) is 3. The molecular formula is C8H13ClO3. The molecule has 1 aliphatic rings. The van der Waals surface area contributed by atoms with Crippen molar-refractivity contribution in [3.63, 3.8) is 0 Å². The van der Waals surface area contributed by atoms with E-state index in [0.717, 1.165) is 19.3 Å². The van der Waals surface area contributed by atoms with Gasteiger partial charge in [0.25, 0.3) is 0 Å². The maximum absolute atomic E-state index is 10.5. The van der Waals surface area contributed by atoms with Crippen LogP contribution in [-0.2, 0) is 14.3 Å². The Morgan fingerprint density at radius 3 is 3.00 bits per heavy atom. The molecule has 0 bridgehead atoms. The molecule has 4 heteroatoms. The van der Waals surface area contributed by atoms with E-state index in [0.29, 0.717) is 6.61 Å². The van der Waals surface area contributed by atoms with Crippen LogP contribution in [0.15, 0.2) is 0 Å². The van der Waals surface area contributed by atoms with E-state index in [1.54, 1.807) is 0 Å². The molecule has 0 N–H and O–H groups in total. The summed E-state index contributed by atoms with van der Waals surface area (Å²) in [7, 11) is 0. The molecular weight excluding hydrogens is 180 g/mol. The maximum Gasteiger partial charge on any atom is 0.302 e. The standard InChI is InChI=1S/C8H13ClO3/c1-6(10)11-5-7-3-2-4-8(9)12-7/h7-8H,2-5H2,1H3. The van der Waals surface area contributed by atoms with Crippen molar-refractivity contribution in [1.82, 2.24) is 0 Å². The predicted octanol–water partition coefficient (Wildman–Crippen LogP) is 1.68. The first kappa shape index (κ1) is 9.81. The zero-order valence-electron chi connectivity index (χ0n) is 7.09. The Kier molecular flexibility index (Phi) is 3.82. The van der Waals surface area contributed by atoms with E-state index in [9.17, 15) is 4.79 Å². The summed E-state index contributed by atoms with van der Waals surface area (Å²) in [5.74, 6) is -0.268. The second-order valence-electron chi connectivity index (χ2n) is 2.90. The number of esters is 1. The monoisotopic (exact) mass is 192 g/mol. The van der Waals surface area contributed by atoms with Gasteiger partial charge in [0, 0.05) is 6.92 Å². The Bertz CT molecular complexity index is 160. The molecule has 12 heavy (non-hydrogen) atoms. The van der Waals surface area contributed by atoms with E-state index in [-0.39, 0.29) is 17.6 Å². The predicted molar refractivity (Wildman–Crippen MR) is 45.0 cm³/mol. The highest BCUT2D eigenvalue weighted by Gasteiger charge is 2.21. The lowest BCUT2D eigenvalue weighted by Crippen LogP contribution is -2.28. The summed E-state index contributed by atoms with van der Waals surface area (Å²) in [6.07, 6.45) is 2.85. The Hall–Kier alpha value is -0.280. The quantitative estimate of drug-likeness (QED) is 0.493. The number of halogens is 1. The Morgan fingerprint density at radius 2 is 2.42 bits per heavy atom. The fraction of sp³-hybridized carbons (Fsp3) is 0.875. The van der Waals surface area contributed by atoms with Crippen LogP contribution in [0.1, 0.15) is 26.2 Å². The first-order valence-electron chi connectivity index (χ1n) is 4.11. The molecule has 1 rings (SSSR count). The van der Waals surface area contributed by atoms with Crippen molar-refractivity contribution in [1.29, 1.82) is 0 Å². The highest BCUT2D eigenvalue weighted by molar-refractivity contribution is 6.19. The third kappa shape index (κ3) is 3.41. The molecule has 0 aliphatic carbocycles. The van der Waals surface area contributed by atoms with Crippen LogP contribution in [0.5, 0.6) is 0 Å². The second kappa shape index (κ2) is 4.67. The van der Waals surface area contributed by atoms with Gasteiger partial charge in [-0.3, -0.25) is 4.79 Å². The molecule has 0 saturated carbocycles. The van der Waals surface area contributed by atoms with Crippen molar-refractivity contribution in [3.05, 3.63) is 0 Å². The summed E-state index contributed by atoms with van der Waals surface area (Å²) in [5.41, 5.74) is -0.209. The van der Waals surface area contributed by atoms with Gasteiger partial charge in [0.15, 0.2) is 0 Å². The van der Waals surface area contributed by atoms with Gasteiger partial charge in [-0.1, -0.05) is 11.6 Å². The Morgan fingerprint density at radius 1 is 1.67 bits per heavy atom. The summed E-state index contributed by atoms with van der Waals surface area (Å²) in [4.78, 5) is 10.5. The zero-order chi connectivity index (χ0) is 8.97. The van der Waals surface area contributed by atoms with Gasteiger partial charge in [-0.2, -0.15) is 0 Å². The van der Waals surface area contributed by atoms with E-state index in [1.165, 1.54) is 6.92 Å². The average molecular weight is 193 g/mol. The number of carbonyl (C=O) groups excluding carboxylic acids is 1. The molecule has 0 aromatic carbocycles. The molecule has 1 fully saturated rings. The van der Waals surface area contributed by atoms with E-state index in [2.05, 4.69) is 0 Å². The van der Waals surface area contributed by atoms with Crippen molar-refractivity contribution in [2.75, 3.05) is 6.61 Å². The minimum absolute atomic E-state index is 0.00912. The third-order valence-corrected chi connectivity index (χ3v) is 2.09. The molecule has 0 aromatic rings. The SMILES string of the molecule is CC(=O)OCC1CCCC(Cl)O1. The normalized spacial score (nSPS) is 29.8. The van der Waals surface area contributed by atoms with Crippen molar-refractivity contribution in [2.24, 2.45) is 0 Å². The van der Waals surface area contributed by atoms with Crippen LogP contribution in [0.4, 0.5) is 0 Å². The van der Waals surface area contributed by atoms with Gasteiger partial charge < -0.3 is 9.47 Å². The first-order valence-corrected chi connectivity index (χ1v) is 4.55. The fourth-order valence-electron chi connectivity index (χ4n) is 1.18. The number of carbonyl (C=O) groups is 1. The van der Waals surface area contributed by atoms with Crippen molar-refractivity contribution in [3.8, 4) is 0 Å². The van der Waals surface area contributed by atoms with Crippen LogP contribution in [0.25, 0.3) is 0 Å². The Balaban J connectivity index is 2.18. The average Bonchev–Trinajstić information content (AvgIpc) is 2.01. The molecule has 3 nitrogen and oxygen atoms in total. The van der Waals surface area contributed by atoms with Crippen LogP contribution in [0.3, 0.4) is 0 Å². The molecule has 0 amide bonds. The topological polar surface area (TPSA) is 35.5 Å². The lowest BCUT2D eigenvalue weighted by atomic mass is 10.1. The van der Waals surface area contributed by atoms with Gasteiger partial charge in [0.05, 0.1) is 6.10 Å². The van der Waals surface area contributed by atoms with Crippen LogP contribution in [-0.4, -0.2) is 24.2 Å². The largest absolute Gasteiger partial charge is 0.463 e. The number of hydrogen-bond donors (Lipinski definition) is 0. The van der Waals surface area contributed by atoms with Crippen LogP contribution in [0.2, 0.25) is 0 Å². The van der Waals surface area contributed by atoms with Crippen molar-refractivity contribution >= 4 is 17.6 Å². The lowest BCUT2D eigenvalue weighted by Gasteiger charge is -2.25. The maximum atomic E-state index is 10.5. The smallest absolute Gasteiger partial charge is 0.302 e. The highest BCUT2D eigenvalue weighted by atomic mass is 35.5. The molecule has 1 saturated heterocycles. The molecule has 70 valence electrons. The first-order chi connectivity index (χ1) is 5.68. The third-order valence-electron chi connectivity index (χ3n) is 1.77. The minimum atomic E-state index is -0.268. The summed E-state index contributed by atoms with van der Waals surface area (Å²) in [6.45, 7) is 1.72. The molecule has 0 radical (unpaired) electrons. The van der Waals surface area contributed by atoms with E-state index < -0.39 is 0 Å². The summed E-state index contributed by atoms with van der Waals surface area (Å²) in [6, 6.07) is 0. The second-order valence-corrected chi connectivity index (χ2v) is 3.39. The molecule has 0 aromatic heterocycles. The van der Waals surface area contributed by atoms with Gasteiger partial charge in [-0.25, -0.2) is 0 Å². The van der Waals surface area contributed by atoms with Crippen molar-refractivity contribution in [2.45, 2.75) is 37.9 Å². The van der Waals surface area contributed by atoms with E-state index in [4.69, 9.17) is 21.1 Å². The molecule has 0 spiro atoms. The molecule has 1 heterocycles. The molecule has 2 atom stereocenters. The number of alkyl halides is 1. The summed E-state index contributed by atoms with van der Waals surface area (Å²) < 4.78 is 10.1. The van der Waals surface area contributed by atoms with Gasteiger partial charge >= 0.3 is 5.97 Å². The number of ether oxygens (including phenoxy) is 2. The highest BCUT2D eigenvalue weighted by Crippen LogP contribution is 2.21. The van der Waals surface area contributed by atoms with E-state index >= 15 is 0 Å². The molecule has 1 aliphatic heterocycles. The van der Waals surface area contributed by atoms with Crippen LogP contribution >= 0.6 is 11.6 Å². The van der Waals surface area contributed by atoms with Gasteiger partial charge in [-0.15, -0.1) is 0 Å². The minimum Gasteiger partial charge on any atom is -0.463 e. The summed E-state index contributed by atoms with van der Waals surface area (Å²) in [5, 5.41) is 0. The van der Waals surface area contributed by atoms with Gasteiger partial charge in [0.2, 0.25) is 0 Å². The van der Waals surface area contributed by atoms with Gasteiger partial charge in [-0.05, 0) is 19.3 Å². The van der Waals surface area contributed by atoms with Crippen LogP contribution in [0, 0.1) is 0 Å². The lowest BCUT2D eigenvalue weighted by molar-refractivity contribution is -0.147. The van der Waals surface area contributed by atoms with Crippen LogP contribution < -0.4 is 0 Å². The summed E-state index contributed by atoms with van der Waals surface area (Å²) >= 11 is 5.76. The zero-order valence-corrected chi connectivity index (χ0v) is 7.84. The van der Waals surface area contributed by atoms with E-state index in [1.807, 2.05) is 0 Å². The molecule has 2 unspecified atom stereocenters. The number of rotatable bonds is 2.